The number of allylic oxidation sites excluding steroid dienone is 6. The lowest BCUT2D eigenvalue weighted by Crippen LogP contribution is -2.37. The Hall–Kier alpha value is -0.380. The minimum Gasteiger partial charge on any atom is -0.299 e. The first-order valence-corrected chi connectivity index (χ1v) is 9.98. The van der Waals surface area contributed by atoms with Gasteiger partial charge in [0.05, 0.1) is 0 Å². The van der Waals surface area contributed by atoms with Crippen LogP contribution in [0.4, 0.5) is 0 Å². The third-order valence-corrected chi connectivity index (χ3v) is 7.31. The molecular formula is C23H36IO. The van der Waals surface area contributed by atoms with Crippen molar-refractivity contribution in [2.45, 2.75) is 72.1 Å². The Kier molecular flexibility index (Phi) is 7.15. The van der Waals surface area contributed by atoms with E-state index in [1.165, 1.54) is 31.3 Å². The maximum Gasteiger partial charge on any atom is 0.136 e. The number of carbonyl (C=O) groups is 1. The van der Waals surface area contributed by atoms with Gasteiger partial charge >= 0.3 is 0 Å². The summed E-state index contributed by atoms with van der Waals surface area (Å²) in [6.07, 6.45) is 22.7. The van der Waals surface area contributed by atoms with Crippen molar-refractivity contribution in [1.82, 2.24) is 0 Å². The van der Waals surface area contributed by atoms with Crippen molar-refractivity contribution in [1.29, 1.82) is 0 Å². The standard InChI is InChI=1S/C23H33O.HI.H2/c1-4-23(5-2,19-12-13-19)17-8-6-7-10-18-14-15-20-21(24)11-9-16-22(18,20)3;;/h6-8,12-13,17-18,20H,4-5,9-11,14-16H2,1-3H3;2*1H/b7-6+,17-8+;;. The van der Waals surface area contributed by atoms with Crippen molar-refractivity contribution < 1.29 is 6.22 Å². The van der Waals surface area contributed by atoms with Gasteiger partial charge in [-0.3, -0.25) is 4.79 Å². The van der Waals surface area contributed by atoms with Gasteiger partial charge in [-0.05, 0) is 56.3 Å². The molecule has 3 aliphatic rings. The highest BCUT2D eigenvalue weighted by Crippen LogP contribution is 2.55. The number of hydrogen-bond donors (Lipinski definition) is 0. The van der Waals surface area contributed by atoms with Crippen LogP contribution in [0.5, 0.6) is 0 Å². The monoisotopic (exact) mass is 455 g/mol. The number of rotatable bonds is 7. The highest BCUT2D eigenvalue weighted by atomic mass is 127. The van der Waals surface area contributed by atoms with Crippen LogP contribution < -0.4 is 0 Å². The minimum atomic E-state index is 0. The number of halogens is 1. The molecule has 2 heteroatoms. The number of hydrogen-bond acceptors (Lipinski definition) is 1. The van der Waals surface area contributed by atoms with Gasteiger partial charge in [-0.1, -0.05) is 56.7 Å². The van der Waals surface area contributed by atoms with Gasteiger partial charge in [0.1, 0.15) is 5.78 Å². The molecule has 3 unspecified atom stereocenters. The van der Waals surface area contributed by atoms with Gasteiger partial charge in [-0.25, -0.2) is 0 Å². The van der Waals surface area contributed by atoms with Gasteiger partial charge in [0.2, 0.25) is 0 Å². The van der Waals surface area contributed by atoms with Crippen LogP contribution in [-0.2, 0) is 4.79 Å². The van der Waals surface area contributed by atoms with Crippen LogP contribution in [0.2, 0.25) is 0 Å². The molecule has 1 nitrogen and oxygen atoms in total. The molecule has 141 valence electrons. The Morgan fingerprint density at radius 1 is 1.28 bits per heavy atom. The molecule has 0 aromatic rings. The van der Waals surface area contributed by atoms with Gasteiger partial charge in [-0.2, -0.15) is 0 Å². The molecule has 0 amide bonds. The Bertz CT molecular complexity index is 573. The summed E-state index contributed by atoms with van der Waals surface area (Å²) in [5.41, 5.74) is 2.03. The summed E-state index contributed by atoms with van der Waals surface area (Å²) in [6, 6.07) is 0. The normalized spacial score (nSPS) is 32.0. The molecule has 0 aliphatic heterocycles. The molecule has 2 fully saturated rings. The summed E-state index contributed by atoms with van der Waals surface area (Å²) in [7, 11) is 0. The van der Waals surface area contributed by atoms with E-state index in [4.69, 9.17) is 0 Å². The molecule has 3 atom stereocenters. The molecule has 2 saturated carbocycles. The SMILES string of the molecule is CCC(/C=C/C=C/CC1CCC2C(=O)CCCC12C)(CC)C1=C[CH]1.I.[HH]. The van der Waals surface area contributed by atoms with E-state index >= 15 is 0 Å². The van der Waals surface area contributed by atoms with Crippen LogP contribution in [0.25, 0.3) is 0 Å². The minimum absolute atomic E-state index is 0. The second-order valence-corrected chi connectivity index (χ2v) is 8.33. The van der Waals surface area contributed by atoms with E-state index < -0.39 is 0 Å². The van der Waals surface area contributed by atoms with E-state index in [-0.39, 0.29) is 36.2 Å². The lowest BCUT2D eigenvalue weighted by molar-refractivity contribution is -0.129. The summed E-state index contributed by atoms with van der Waals surface area (Å²) in [5.74, 6) is 1.59. The number of Topliss-reactive ketones (excluding diaryl/α,β-unsaturated/α-hetero) is 1. The topological polar surface area (TPSA) is 17.1 Å². The fraction of sp³-hybridized carbons (Fsp3) is 0.652. The van der Waals surface area contributed by atoms with Crippen molar-refractivity contribution in [3.05, 3.63) is 42.4 Å². The Morgan fingerprint density at radius 3 is 2.64 bits per heavy atom. The lowest BCUT2D eigenvalue weighted by atomic mass is 9.64. The molecule has 0 aromatic heterocycles. The van der Waals surface area contributed by atoms with Gasteiger partial charge in [0.25, 0.3) is 0 Å². The first kappa shape index (κ1) is 20.9. The average Bonchev–Trinajstić information content (AvgIpc) is 3.36. The maximum atomic E-state index is 12.2. The Labute approximate surface area is 172 Å². The zero-order valence-corrected chi connectivity index (χ0v) is 18.4. The van der Waals surface area contributed by atoms with Crippen LogP contribution in [0.3, 0.4) is 0 Å². The predicted octanol–water partition coefficient (Wildman–Crippen LogP) is 7.09. The van der Waals surface area contributed by atoms with E-state index in [0.717, 1.165) is 25.7 Å². The number of carbonyl (C=O) groups excluding carboxylic acids is 1. The maximum absolute atomic E-state index is 12.2. The third-order valence-electron chi connectivity index (χ3n) is 7.31. The fourth-order valence-electron chi connectivity index (χ4n) is 5.35. The lowest BCUT2D eigenvalue weighted by Gasteiger charge is -2.39. The van der Waals surface area contributed by atoms with Crippen LogP contribution in [0, 0.1) is 29.1 Å². The zero-order valence-electron chi connectivity index (χ0n) is 16.1. The molecular weight excluding hydrogens is 419 g/mol. The molecule has 3 aliphatic carbocycles. The molecule has 0 saturated heterocycles. The third kappa shape index (κ3) is 4.14. The molecule has 0 spiro atoms. The summed E-state index contributed by atoms with van der Waals surface area (Å²) in [5, 5.41) is 0. The van der Waals surface area contributed by atoms with Crippen LogP contribution >= 0.6 is 24.0 Å². The quantitative estimate of drug-likeness (QED) is 0.296. The molecule has 0 N–H and O–H groups in total. The van der Waals surface area contributed by atoms with Crippen LogP contribution in [-0.4, -0.2) is 5.78 Å². The fourth-order valence-corrected chi connectivity index (χ4v) is 5.35. The predicted molar refractivity (Wildman–Crippen MR) is 119 cm³/mol. The first-order chi connectivity index (χ1) is 11.6. The van der Waals surface area contributed by atoms with Gasteiger partial charge in [0, 0.05) is 25.6 Å². The van der Waals surface area contributed by atoms with Crippen LogP contribution in [0.1, 0.15) is 73.6 Å². The summed E-state index contributed by atoms with van der Waals surface area (Å²) >= 11 is 0. The van der Waals surface area contributed by atoms with E-state index in [1.54, 1.807) is 0 Å². The molecule has 0 heterocycles. The van der Waals surface area contributed by atoms with E-state index in [9.17, 15) is 4.79 Å². The van der Waals surface area contributed by atoms with Crippen molar-refractivity contribution in [2.75, 3.05) is 0 Å². The van der Waals surface area contributed by atoms with Crippen molar-refractivity contribution >= 4 is 29.8 Å². The smallest absolute Gasteiger partial charge is 0.136 e. The molecule has 3 rings (SSSR count). The van der Waals surface area contributed by atoms with Crippen LogP contribution in [0.15, 0.2) is 36.0 Å². The van der Waals surface area contributed by atoms with Crippen molar-refractivity contribution in [3.8, 4) is 0 Å². The number of fused-ring (bicyclic) bond motifs is 1. The highest BCUT2D eigenvalue weighted by Gasteiger charge is 2.50. The summed E-state index contributed by atoms with van der Waals surface area (Å²) < 4.78 is 0. The van der Waals surface area contributed by atoms with Gasteiger partial charge in [0.15, 0.2) is 0 Å². The summed E-state index contributed by atoms with van der Waals surface area (Å²) in [4.78, 5) is 12.2. The first-order valence-electron chi connectivity index (χ1n) is 9.98. The zero-order chi connectivity index (χ0) is 17.2. The molecule has 1 radical (unpaired) electrons. The Balaban J connectivity index is 0.00000169. The average molecular weight is 455 g/mol. The molecule has 0 bridgehead atoms. The van der Waals surface area contributed by atoms with Crippen molar-refractivity contribution in [2.24, 2.45) is 22.7 Å². The van der Waals surface area contributed by atoms with Gasteiger partial charge < -0.3 is 0 Å². The summed E-state index contributed by atoms with van der Waals surface area (Å²) in [6.45, 7) is 6.94. The largest absolute Gasteiger partial charge is 0.299 e. The van der Waals surface area contributed by atoms with E-state index in [2.05, 4.69) is 57.6 Å². The van der Waals surface area contributed by atoms with E-state index in [1.807, 2.05) is 0 Å². The number of ketones is 1. The van der Waals surface area contributed by atoms with E-state index in [0.29, 0.717) is 17.6 Å². The Morgan fingerprint density at radius 2 is 2.00 bits per heavy atom. The van der Waals surface area contributed by atoms with Gasteiger partial charge in [-0.15, -0.1) is 24.0 Å². The highest BCUT2D eigenvalue weighted by molar-refractivity contribution is 14.0. The second-order valence-electron chi connectivity index (χ2n) is 8.33. The molecule has 0 aromatic carbocycles. The molecule has 25 heavy (non-hydrogen) atoms. The second kappa shape index (κ2) is 8.54. The van der Waals surface area contributed by atoms with Crippen molar-refractivity contribution in [3.63, 3.8) is 0 Å².